The average molecular weight is 308 g/mol. The minimum Gasteiger partial charge on any atom is -0.276 e. The third-order valence-corrected chi connectivity index (χ3v) is 4.23. The van der Waals surface area contributed by atoms with Gasteiger partial charge >= 0.3 is 0 Å². The van der Waals surface area contributed by atoms with Crippen LogP contribution in [-0.4, -0.2) is 8.42 Å². The number of halogens is 2. The van der Waals surface area contributed by atoms with E-state index in [1.54, 1.807) is 0 Å². The van der Waals surface area contributed by atoms with E-state index in [0.717, 1.165) is 18.2 Å². The summed E-state index contributed by atoms with van der Waals surface area (Å²) in [4.78, 5) is -0.535. The second-order valence-corrected chi connectivity index (χ2v) is 5.91. The smallest absolute Gasteiger partial charge is 0.263 e. The van der Waals surface area contributed by atoms with E-state index >= 15 is 0 Å². The topological polar surface area (TPSA) is 70.0 Å². The van der Waals surface area contributed by atoms with E-state index in [1.165, 1.54) is 31.2 Å². The molecule has 0 aliphatic heterocycles. The minimum absolute atomic E-state index is 0.231. The third kappa shape index (κ3) is 2.85. The Kier molecular flexibility index (Phi) is 3.91. The van der Waals surface area contributed by atoms with Crippen LogP contribution in [0.25, 0.3) is 0 Å². The monoisotopic (exact) mass is 308 g/mol. The Morgan fingerprint density at radius 2 is 1.71 bits per heavy atom. The number of nitrogens with zero attached hydrogens (tertiary/aromatic N) is 1. The van der Waals surface area contributed by atoms with Crippen molar-refractivity contribution in [2.24, 2.45) is 0 Å². The first-order valence-corrected chi connectivity index (χ1v) is 7.31. The fourth-order valence-electron chi connectivity index (χ4n) is 1.79. The van der Waals surface area contributed by atoms with Crippen molar-refractivity contribution in [3.8, 4) is 6.07 Å². The first-order chi connectivity index (χ1) is 9.86. The molecule has 0 amide bonds. The second kappa shape index (κ2) is 5.50. The van der Waals surface area contributed by atoms with Crippen LogP contribution < -0.4 is 4.72 Å². The Bertz CT molecular complexity index is 822. The minimum atomic E-state index is -4.28. The van der Waals surface area contributed by atoms with Gasteiger partial charge in [-0.1, -0.05) is 18.2 Å². The fraction of sp³-hybridized carbons (Fsp3) is 0.0714. The number of rotatable bonds is 3. The molecule has 7 heteroatoms. The zero-order valence-electron chi connectivity index (χ0n) is 10.9. The van der Waals surface area contributed by atoms with Crippen LogP contribution in [0.15, 0.2) is 41.3 Å². The highest BCUT2D eigenvalue weighted by atomic mass is 32.2. The van der Waals surface area contributed by atoms with E-state index in [0.29, 0.717) is 5.56 Å². The Morgan fingerprint density at radius 1 is 1.10 bits per heavy atom. The van der Waals surface area contributed by atoms with Crippen LogP contribution in [0.4, 0.5) is 14.5 Å². The Morgan fingerprint density at radius 3 is 2.33 bits per heavy atom. The molecule has 0 saturated carbocycles. The number of hydrogen-bond acceptors (Lipinski definition) is 3. The molecule has 2 aromatic rings. The van der Waals surface area contributed by atoms with Gasteiger partial charge in [0.25, 0.3) is 10.0 Å². The van der Waals surface area contributed by atoms with E-state index < -0.39 is 32.1 Å². The van der Waals surface area contributed by atoms with Crippen LogP contribution >= 0.6 is 0 Å². The first kappa shape index (κ1) is 14.9. The van der Waals surface area contributed by atoms with Gasteiger partial charge in [0.2, 0.25) is 0 Å². The summed E-state index contributed by atoms with van der Waals surface area (Å²) in [5, 5.41) is 8.88. The van der Waals surface area contributed by atoms with Gasteiger partial charge in [0, 0.05) is 0 Å². The fourth-order valence-corrected chi connectivity index (χ4v) is 3.09. The van der Waals surface area contributed by atoms with Gasteiger partial charge in [-0.3, -0.25) is 4.72 Å². The summed E-state index contributed by atoms with van der Waals surface area (Å²) < 4.78 is 53.7. The molecular weight excluding hydrogens is 298 g/mol. The lowest BCUT2D eigenvalue weighted by molar-refractivity contribution is 0.591. The molecule has 4 nitrogen and oxygen atoms in total. The molecule has 0 aliphatic carbocycles. The summed E-state index contributed by atoms with van der Waals surface area (Å²) in [6, 6.07) is 8.78. The number of nitrogens with one attached hydrogen (secondary N) is 1. The lowest BCUT2D eigenvalue weighted by atomic mass is 10.2. The van der Waals surface area contributed by atoms with Gasteiger partial charge in [-0.25, -0.2) is 17.2 Å². The molecule has 0 bridgehead atoms. The number of sulfonamides is 1. The maximum Gasteiger partial charge on any atom is 0.263 e. The molecule has 2 rings (SSSR count). The maximum absolute atomic E-state index is 13.7. The van der Waals surface area contributed by atoms with E-state index in [4.69, 9.17) is 5.26 Å². The number of hydrogen-bond donors (Lipinski definition) is 1. The quantitative estimate of drug-likeness (QED) is 0.947. The van der Waals surface area contributed by atoms with Crippen molar-refractivity contribution in [1.82, 2.24) is 0 Å². The summed E-state index contributed by atoms with van der Waals surface area (Å²) in [5.41, 5.74) is -0.474. The van der Waals surface area contributed by atoms with Crippen molar-refractivity contribution in [3.05, 3.63) is 59.2 Å². The maximum atomic E-state index is 13.7. The highest BCUT2D eigenvalue weighted by molar-refractivity contribution is 7.92. The van der Waals surface area contributed by atoms with Crippen molar-refractivity contribution in [1.29, 1.82) is 5.26 Å². The molecule has 0 aliphatic rings. The van der Waals surface area contributed by atoms with Gasteiger partial charge in [0.1, 0.15) is 28.2 Å². The van der Waals surface area contributed by atoms with Crippen molar-refractivity contribution in [2.45, 2.75) is 11.8 Å². The number of benzene rings is 2. The molecule has 0 radical (unpaired) electrons. The standard InChI is InChI=1S/C14H10F2N2O2S/c1-9-4-2-6-12(16)14(9)18-21(19,20)13-7-3-5-11(15)10(13)8-17/h2-7,18H,1H3. The molecule has 0 saturated heterocycles. The molecule has 21 heavy (non-hydrogen) atoms. The van der Waals surface area contributed by atoms with E-state index in [1.807, 2.05) is 0 Å². The van der Waals surface area contributed by atoms with E-state index in [9.17, 15) is 17.2 Å². The molecular formula is C14H10F2N2O2S. The lowest BCUT2D eigenvalue weighted by Crippen LogP contribution is -2.16. The first-order valence-electron chi connectivity index (χ1n) is 5.83. The largest absolute Gasteiger partial charge is 0.276 e. The van der Waals surface area contributed by atoms with E-state index in [-0.39, 0.29) is 5.69 Å². The van der Waals surface area contributed by atoms with Crippen molar-refractivity contribution in [2.75, 3.05) is 4.72 Å². The molecule has 0 atom stereocenters. The lowest BCUT2D eigenvalue weighted by Gasteiger charge is -2.12. The molecule has 0 aromatic heterocycles. The number of para-hydroxylation sites is 1. The number of anilines is 1. The van der Waals surface area contributed by atoms with E-state index in [2.05, 4.69) is 4.72 Å². The SMILES string of the molecule is Cc1cccc(F)c1NS(=O)(=O)c1cccc(F)c1C#N. The van der Waals surface area contributed by atoms with Crippen LogP contribution in [0.2, 0.25) is 0 Å². The molecule has 2 aromatic carbocycles. The summed E-state index contributed by atoms with van der Waals surface area (Å²) in [6.07, 6.45) is 0. The predicted molar refractivity (Wildman–Crippen MR) is 73.1 cm³/mol. The predicted octanol–water partition coefficient (Wildman–Crippen LogP) is 2.95. The highest BCUT2D eigenvalue weighted by Crippen LogP contribution is 2.25. The molecule has 1 N–H and O–H groups in total. The second-order valence-electron chi connectivity index (χ2n) is 4.26. The molecule has 0 spiro atoms. The van der Waals surface area contributed by atoms with Crippen LogP contribution in [0.3, 0.4) is 0 Å². The van der Waals surface area contributed by atoms with Gasteiger partial charge in [-0.05, 0) is 30.7 Å². The van der Waals surface area contributed by atoms with Crippen molar-refractivity contribution < 1.29 is 17.2 Å². The molecule has 0 heterocycles. The van der Waals surface area contributed by atoms with Crippen molar-refractivity contribution >= 4 is 15.7 Å². The molecule has 0 unspecified atom stereocenters. The van der Waals surface area contributed by atoms with Gasteiger partial charge in [0.15, 0.2) is 0 Å². The highest BCUT2D eigenvalue weighted by Gasteiger charge is 2.23. The summed E-state index contributed by atoms with van der Waals surface area (Å²) in [5.74, 6) is -1.71. The average Bonchev–Trinajstić information content (AvgIpc) is 2.43. The Balaban J connectivity index is 2.55. The normalized spacial score (nSPS) is 11.0. The molecule has 0 fully saturated rings. The van der Waals surface area contributed by atoms with Crippen LogP contribution in [0.5, 0.6) is 0 Å². The zero-order chi connectivity index (χ0) is 15.6. The Labute approximate surface area is 120 Å². The number of aryl methyl sites for hydroxylation is 1. The number of nitriles is 1. The van der Waals surface area contributed by atoms with Gasteiger partial charge in [0.05, 0.1) is 5.69 Å². The van der Waals surface area contributed by atoms with Crippen molar-refractivity contribution in [3.63, 3.8) is 0 Å². The van der Waals surface area contributed by atoms with Gasteiger partial charge < -0.3 is 0 Å². The summed E-state index contributed by atoms with van der Waals surface area (Å²) >= 11 is 0. The Hall–Kier alpha value is -2.46. The van der Waals surface area contributed by atoms with Crippen LogP contribution in [0.1, 0.15) is 11.1 Å². The third-order valence-electron chi connectivity index (χ3n) is 2.84. The summed E-state index contributed by atoms with van der Waals surface area (Å²) in [7, 11) is -4.28. The van der Waals surface area contributed by atoms with Crippen LogP contribution in [-0.2, 0) is 10.0 Å². The zero-order valence-corrected chi connectivity index (χ0v) is 11.7. The molecule has 108 valence electrons. The summed E-state index contributed by atoms with van der Waals surface area (Å²) in [6.45, 7) is 1.53. The van der Waals surface area contributed by atoms with Gasteiger partial charge in [-0.2, -0.15) is 5.26 Å². The van der Waals surface area contributed by atoms with Gasteiger partial charge in [-0.15, -0.1) is 0 Å². The van der Waals surface area contributed by atoms with Crippen LogP contribution in [0, 0.1) is 29.9 Å².